The van der Waals surface area contributed by atoms with Crippen molar-refractivity contribution in [3.8, 4) is 0 Å². The zero-order chi connectivity index (χ0) is 17.5. The molecule has 3 rings (SSSR count). The van der Waals surface area contributed by atoms with Gasteiger partial charge in [-0.15, -0.1) is 0 Å². The summed E-state index contributed by atoms with van der Waals surface area (Å²) >= 11 is 0. The number of amides is 1. The predicted molar refractivity (Wildman–Crippen MR) is 92.0 cm³/mol. The smallest absolute Gasteiger partial charge is 0.224 e. The Morgan fingerprint density at radius 1 is 1.46 bits per heavy atom. The summed E-state index contributed by atoms with van der Waals surface area (Å²) in [4.78, 5) is 12.5. The van der Waals surface area contributed by atoms with Crippen LogP contribution >= 0.6 is 0 Å². The molecular weight excluding hydrogens is 307 g/mol. The molecule has 0 bridgehead atoms. The van der Waals surface area contributed by atoms with Crippen LogP contribution in [0.25, 0.3) is 10.9 Å². The maximum Gasteiger partial charge on any atom is 0.224 e. The highest BCUT2D eigenvalue weighted by molar-refractivity contribution is 5.86. The average molecular weight is 332 g/mol. The van der Waals surface area contributed by atoms with E-state index in [1.165, 1.54) is 12.1 Å². The minimum atomic E-state index is -0.657. The number of fused-ring (bicyclic) bond motifs is 1. The van der Waals surface area contributed by atoms with Crippen molar-refractivity contribution < 1.29 is 9.18 Å². The third kappa shape index (κ3) is 3.15. The van der Waals surface area contributed by atoms with Crippen molar-refractivity contribution >= 4 is 16.8 Å². The summed E-state index contributed by atoms with van der Waals surface area (Å²) in [6.07, 6.45) is 0.923. The van der Waals surface area contributed by atoms with Crippen molar-refractivity contribution in [2.45, 2.75) is 32.7 Å². The number of rotatable bonds is 6. The lowest BCUT2D eigenvalue weighted by Gasteiger charge is -2.25. The van der Waals surface area contributed by atoms with Crippen LogP contribution in [0.5, 0.6) is 0 Å². The fraction of sp³-hybridized carbons (Fsp3) is 0.556. The van der Waals surface area contributed by atoms with E-state index in [1.807, 2.05) is 20.9 Å². The van der Waals surface area contributed by atoms with Gasteiger partial charge in [-0.3, -0.25) is 9.48 Å². The summed E-state index contributed by atoms with van der Waals surface area (Å²) in [5.41, 5.74) is 0.886. The fourth-order valence-electron chi connectivity index (χ4n) is 3.28. The van der Waals surface area contributed by atoms with Crippen LogP contribution in [0.3, 0.4) is 0 Å². The van der Waals surface area contributed by atoms with E-state index in [4.69, 9.17) is 0 Å². The minimum absolute atomic E-state index is 0.0538. The quantitative estimate of drug-likeness (QED) is 0.853. The van der Waals surface area contributed by atoms with Gasteiger partial charge in [-0.05, 0) is 57.5 Å². The highest BCUT2D eigenvalue weighted by Gasteiger charge is 2.44. The third-order valence-corrected chi connectivity index (χ3v) is 4.76. The normalized spacial score (nSPS) is 20.4. The standard InChI is InChI=1S/C18H25FN4O/c1-5-20-10-11-8-13(11)17(24)21-18(2,3)16-14-9-12(19)6-7-15(14)23(4)22-16/h6-7,9,11,13,20H,5,8,10H2,1-4H3,(H,21,24)/t11-,13+/m1/s1. The molecular formula is C18H25FN4O. The molecule has 0 aliphatic heterocycles. The molecule has 0 spiro atoms. The van der Waals surface area contributed by atoms with Crippen molar-refractivity contribution in [2.24, 2.45) is 18.9 Å². The van der Waals surface area contributed by atoms with E-state index in [2.05, 4.69) is 22.7 Å². The third-order valence-electron chi connectivity index (χ3n) is 4.76. The van der Waals surface area contributed by atoms with Crippen LogP contribution in [0.15, 0.2) is 18.2 Å². The van der Waals surface area contributed by atoms with E-state index in [0.717, 1.165) is 30.4 Å². The van der Waals surface area contributed by atoms with Gasteiger partial charge in [0, 0.05) is 18.4 Å². The number of hydrogen-bond donors (Lipinski definition) is 2. The lowest BCUT2D eigenvalue weighted by Crippen LogP contribution is -2.42. The molecule has 0 saturated heterocycles. The van der Waals surface area contributed by atoms with Gasteiger partial charge in [0.1, 0.15) is 5.82 Å². The summed E-state index contributed by atoms with van der Waals surface area (Å²) in [7, 11) is 1.83. The first-order valence-electron chi connectivity index (χ1n) is 8.49. The molecule has 1 aliphatic rings. The number of aromatic nitrogens is 2. The van der Waals surface area contributed by atoms with E-state index in [1.54, 1.807) is 10.7 Å². The predicted octanol–water partition coefficient (Wildman–Crippen LogP) is 2.31. The van der Waals surface area contributed by atoms with Gasteiger partial charge in [-0.1, -0.05) is 6.92 Å². The Labute approximate surface area is 141 Å². The molecule has 1 heterocycles. The topological polar surface area (TPSA) is 59.0 Å². The second-order valence-electron chi connectivity index (χ2n) is 7.16. The van der Waals surface area contributed by atoms with E-state index < -0.39 is 5.54 Å². The molecule has 0 unspecified atom stereocenters. The van der Waals surface area contributed by atoms with Crippen molar-refractivity contribution in [3.05, 3.63) is 29.7 Å². The minimum Gasteiger partial charge on any atom is -0.345 e. The van der Waals surface area contributed by atoms with Crippen molar-refractivity contribution in [3.63, 3.8) is 0 Å². The van der Waals surface area contributed by atoms with E-state index in [0.29, 0.717) is 11.6 Å². The zero-order valence-corrected chi connectivity index (χ0v) is 14.7. The van der Waals surface area contributed by atoms with Crippen LogP contribution < -0.4 is 10.6 Å². The number of nitrogens with zero attached hydrogens (tertiary/aromatic N) is 2. The lowest BCUT2D eigenvalue weighted by atomic mass is 9.96. The Bertz CT molecular complexity index is 768. The highest BCUT2D eigenvalue weighted by Crippen LogP contribution is 2.39. The van der Waals surface area contributed by atoms with Gasteiger partial charge in [0.2, 0.25) is 5.91 Å². The van der Waals surface area contributed by atoms with Gasteiger partial charge < -0.3 is 10.6 Å². The first kappa shape index (κ1) is 16.9. The second kappa shape index (κ2) is 6.16. The molecule has 2 N–H and O–H groups in total. The number of benzene rings is 1. The molecule has 0 radical (unpaired) electrons. The molecule has 1 amide bonds. The number of halogens is 1. The zero-order valence-electron chi connectivity index (χ0n) is 14.7. The van der Waals surface area contributed by atoms with Crippen LogP contribution in [-0.4, -0.2) is 28.8 Å². The molecule has 1 aliphatic carbocycles. The molecule has 5 nitrogen and oxygen atoms in total. The Morgan fingerprint density at radius 3 is 2.92 bits per heavy atom. The largest absolute Gasteiger partial charge is 0.345 e. The Hall–Kier alpha value is -1.95. The molecule has 2 aromatic rings. The Morgan fingerprint density at radius 2 is 2.21 bits per heavy atom. The molecule has 1 aromatic carbocycles. The molecule has 1 aromatic heterocycles. The molecule has 2 atom stereocenters. The maximum absolute atomic E-state index is 13.7. The number of carbonyl (C=O) groups excluding carboxylic acids is 1. The molecule has 6 heteroatoms. The van der Waals surface area contributed by atoms with Gasteiger partial charge >= 0.3 is 0 Å². The molecule has 24 heavy (non-hydrogen) atoms. The van der Waals surface area contributed by atoms with Crippen LogP contribution in [0.4, 0.5) is 4.39 Å². The van der Waals surface area contributed by atoms with Crippen LogP contribution in [-0.2, 0) is 17.4 Å². The maximum atomic E-state index is 13.7. The Balaban J connectivity index is 1.79. The molecule has 1 fully saturated rings. The first-order chi connectivity index (χ1) is 11.3. The van der Waals surface area contributed by atoms with Crippen molar-refractivity contribution in [1.29, 1.82) is 0 Å². The number of nitrogens with one attached hydrogen (secondary N) is 2. The average Bonchev–Trinajstić information content (AvgIpc) is 3.22. The van der Waals surface area contributed by atoms with Gasteiger partial charge in [0.15, 0.2) is 0 Å². The second-order valence-corrected chi connectivity index (χ2v) is 7.16. The van der Waals surface area contributed by atoms with Crippen LogP contribution in [0.2, 0.25) is 0 Å². The summed E-state index contributed by atoms with van der Waals surface area (Å²) in [5.74, 6) is 0.235. The fourth-order valence-corrected chi connectivity index (χ4v) is 3.28. The van der Waals surface area contributed by atoms with Crippen molar-refractivity contribution in [2.75, 3.05) is 13.1 Å². The molecule has 1 saturated carbocycles. The van der Waals surface area contributed by atoms with Crippen LogP contribution in [0, 0.1) is 17.7 Å². The summed E-state index contributed by atoms with van der Waals surface area (Å²) in [6.45, 7) is 7.69. The van der Waals surface area contributed by atoms with E-state index in [-0.39, 0.29) is 17.6 Å². The molecule has 130 valence electrons. The first-order valence-corrected chi connectivity index (χ1v) is 8.49. The number of carbonyl (C=O) groups is 1. The monoisotopic (exact) mass is 332 g/mol. The van der Waals surface area contributed by atoms with Gasteiger partial charge in [-0.25, -0.2) is 4.39 Å². The number of hydrogen-bond acceptors (Lipinski definition) is 3. The summed E-state index contributed by atoms with van der Waals surface area (Å²) in [5, 5.41) is 11.7. The highest BCUT2D eigenvalue weighted by atomic mass is 19.1. The van der Waals surface area contributed by atoms with Gasteiger partial charge in [-0.2, -0.15) is 5.10 Å². The summed E-state index contributed by atoms with van der Waals surface area (Å²) in [6, 6.07) is 4.62. The van der Waals surface area contributed by atoms with Gasteiger partial charge in [0.25, 0.3) is 0 Å². The Kier molecular flexibility index (Phi) is 4.34. The van der Waals surface area contributed by atoms with E-state index >= 15 is 0 Å². The van der Waals surface area contributed by atoms with E-state index in [9.17, 15) is 9.18 Å². The lowest BCUT2D eigenvalue weighted by molar-refractivity contribution is -0.124. The SMILES string of the molecule is CCNC[C@H]1C[C@@H]1C(=O)NC(C)(C)c1nn(C)c2ccc(F)cc12. The van der Waals surface area contributed by atoms with Crippen LogP contribution in [0.1, 0.15) is 32.9 Å². The van der Waals surface area contributed by atoms with Crippen molar-refractivity contribution in [1.82, 2.24) is 20.4 Å². The number of aryl methyl sites for hydroxylation is 1. The van der Waals surface area contributed by atoms with Gasteiger partial charge in [0.05, 0.1) is 16.7 Å². The summed E-state index contributed by atoms with van der Waals surface area (Å²) < 4.78 is 15.4.